The van der Waals surface area contributed by atoms with Gasteiger partial charge < -0.3 is 10.6 Å². The minimum Gasteiger partial charge on any atom is -0.368 e. The monoisotopic (exact) mass is 407 g/mol. The summed E-state index contributed by atoms with van der Waals surface area (Å²) < 4.78 is 53.0. The maximum absolute atomic E-state index is 13.5. The highest BCUT2D eigenvalue weighted by atomic mass is 19.4. The lowest BCUT2D eigenvalue weighted by molar-refractivity contribution is -0.137. The van der Waals surface area contributed by atoms with Gasteiger partial charge in [-0.3, -0.25) is 0 Å². The maximum atomic E-state index is 13.5. The number of hydrogen-bond acceptors (Lipinski definition) is 6. The summed E-state index contributed by atoms with van der Waals surface area (Å²) in [5.74, 6) is -0.182. The maximum Gasteiger partial charge on any atom is 0.416 e. The first kappa shape index (κ1) is 18.7. The van der Waals surface area contributed by atoms with Crippen LogP contribution >= 0.6 is 0 Å². The summed E-state index contributed by atoms with van der Waals surface area (Å²) in [6.07, 6.45) is -3.38. The molecule has 4 aromatic rings. The molecule has 3 aromatic heterocycles. The number of halogens is 4. The number of aromatic nitrogens is 5. The van der Waals surface area contributed by atoms with Crippen LogP contribution in [0.2, 0.25) is 0 Å². The van der Waals surface area contributed by atoms with Crippen molar-refractivity contribution in [3.63, 3.8) is 0 Å². The van der Waals surface area contributed by atoms with Crippen molar-refractivity contribution in [3.8, 4) is 0 Å². The van der Waals surface area contributed by atoms with Gasteiger partial charge in [-0.25, -0.2) is 28.7 Å². The predicted molar refractivity (Wildman–Crippen MR) is 97.3 cm³/mol. The number of aromatic amines is 1. The largest absolute Gasteiger partial charge is 0.416 e. The molecule has 0 amide bonds. The first-order valence-corrected chi connectivity index (χ1v) is 8.40. The number of H-pyrrole nitrogens is 1. The Hall–Kier alpha value is -3.70. The van der Waals surface area contributed by atoms with Crippen LogP contribution in [0.4, 0.5) is 29.2 Å². The molecule has 0 aliphatic heterocycles. The Morgan fingerprint density at radius 3 is 2.69 bits per heavy atom. The molecule has 12 heteroatoms. The topological polar surface area (TPSA) is 100 Å². The Labute approximate surface area is 159 Å². The van der Waals surface area contributed by atoms with E-state index >= 15 is 0 Å². The number of hydrogen-bond donors (Lipinski definition) is 3. The van der Waals surface area contributed by atoms with Crippen LogP contribution in [-0.2, 0) is 6.18 Å². The van der Waals surface area contributed by atoms with E-state index in [0.29, 0.717) is 5.52 Å². The number of benzene rings is 1. The average molecular weight is 407 g/mol. The zero-order valence-corrected chi connectivity index (χ0v) is 14.6. The molecule has 0 unspecified atom stereocenters. The first-order chi connectivity index (χ1) is 13.8. The molecule has 8 nitrogen and oxygen atoms in total. The predicted octanol–water partition coefficient (Wildman–Crippen LogP) is 2.65. The van der Waals surface area contributed by atoms with Crippen molar-refractivity contribution in [2.45, 2.75) is 6.18 Å². The number of anilines is 2. The number of fused-ring (bicyclic) bond motifs is 3. The van der Waals surface area contributed by atoms with Crippen molar-refractivity contribution in [3.05, 3.63) is 58.4 Å². The van der Waals surface area contributed by atoms with Gasteiger partial charge in [0.05, 0.1) is 16.6 Å². The zero-order valence-electron chi connectivity index (χ0n) is 14.6. The first-order valence-electron chi connectivity index (χ1n) is 8.40. The highest BCUT2D eigenvalue weighted by molar-refractivity contribution is 5.82. The van der Waals surface area contributed by atoms with Crippen molar-refractivity contribution in [1.82, 2.24) is 24.6 Å². The van der Waals surface area contributed by atoms with Gasteiger partial charge in [0.2, 0.25) is 5.65 Å². The van der Waals surface area contributed by atoms with Crippen molar-refractivity contribution in [1.29, 1.82) is 0 Å². The van der Waals surface area contributed by atoms with Crippen LogP contribution in [0.25, 0.3) is 16.7 Å². The fraction of sp³-hybridized carbons (Fsp3) is 0.176. The fourth-order valence-corrected chi connectivity index (χ4v) is 2.81. The molecule has 150 valence electrons. The molecule has 0 radical (unpaired) electrons. The number of rotatable bonds is 5. The third-order valence-electron chi connectivity index (χ3n) is 4.11. The Balaban J connectivity index is 1.52. The molecule has 0 spiro atoms. The van der Waals surface area contributed by atoms with Crippen LogP contribution in [-0.4, -0.2) is 37.7 Å². The third-order valence-corrected chi connectivity index (χ3v) is 4.11. The Bertz CT molecular complexity index is 1250. The van der Waals surface area contributed by atoms with Crippen LogP contribution in [0.15, 0.2) is 41.3 Å². The van der Waals surface area contributed by atoms with Gasteiger partial charge in [0.25, 0.3) is 0 Å². The Kier molecular flexibility index (Phi) is 4.53. The van der Waals surface area contributed by atoms with E-state index in [9.17, 15) is 22.4 Å². The zero-order chi connectivity index (χ0) is 20.6. The SMILES string of the molecule is O=c1[nH]nc2c(NCCNc3cc(C(F)(F)F)ccn3)nc3ccc(F)cc3n12. The average Bonchev–Trinajstić information content (AvgIpc) is 3.07. The van der Waals surface area contributed by atoms with Crippen molar-refractivity contribution >= 4 is 28.3 Å². The minimum absolute atomic E-state index is 0.0738. The van der Waals surface area contributed by atoms with Crippen molar-refractivity contribution < 1.29 is 17.6 Å². The summed E-state index contributed by atoms with van der Waals surface area (Å²) in [6, 6.07) is 5.62. The van der Waals surface area contributed by atoms with Gasteiger partial charge in [0, 0.05) is 25.4 Å². The van der Waals surface area contributed by atoms with Crippen LogP contribution in [0, 0.1) is 5.82 Å². The number of pyridine rings is 1. The lowest BCUT2D eigenvalue weighted by atomic mass is 10.2. The molecule has 3 heterocycles. The smallest absolute Gasteiger partial charge is 0.368 e. The van der Waals surface area contributed by atoms with Gasteiger partial charge in [-0.1, -0.05) is 0 Å². The second-order valence-corrected chi connectivity index (χ2v) is 6.06. The van der Waals surface area contributed by atoms with Crippen molar-refractivity contribution in [2.24, 2.45) is 0 Å². The van der Waals surface area contributed by atoms with E-state index in [-0.39, 0.29) is 35.9 Å². The van der Waals surface area contributed by atoms with Gasteiger partial charge in [0.15, 0.2) is 5.82 Å². The number of nitrogens with one attached hydrogen (secondary N) is 3. The standard InChI is InChI=1S/C17H13F4N7O/c18-10-1-2-11-12(8-10)28-15(26-27-16(28)29)14(25-11)24-6-5-23-13-7-9(3-4-22-13)17(19,20)21/h1-4,7-8H,5-6H2,(H,22,23)(H,24,25)(H,27,29). The third kappa shape index (κ3) is 3.68. The van der Waals surface area contributed by atoms with Gasteiger partial charge in [0.1, 0.15) is 11.6 Å². The highest BCUT2D eigenvalue weighted by Gasteiger charge is 2.30. The molecule has 0 fully saturated rings. The summed E-state index contributed by atoms with van der Waals surface area (Å²) in [5.41, 5.74) is -0.547. The number of alkyl halides is 3. The summed E-state index contributed by atoms with van der Waals surface area (Å²) >= 11 is 0. The van der Waals surface area contributed by atoms with Gasteiger partial charge in [-0.05, 0) is 24.3 Å². The van der Waals surface area contributed by atoms with Crippen LogP contribution in [0.3, 0.4) is 0 Å². The summed E-state index contributed by atoms with van der Waals surface area (Å²) in [5, 5.41) is 11.9. The summed E-state index contributed by atoms with van der Waals surface area (Å²) in [4.78, 5) is 20.2. The normalized spacial score (nSPS) is 11.9. The molecule has 0 atom stereocenters. The van der Waals surface area contributed by atoms with E-state index in [0.717, 1.165) is 18.3 Å². The fourth-order valence-electron chi connectivity index (χ4n) is 2.81. The quantitative estimate of drug-likeness (QED) is 0.348. The molecule has 4 rings (SSSR count). The highest BCUT2D eigenvalue weighted by Crippen LogP contribution is 2.29. The summed E-state index contributed by atoms with van der Waals surface area (Å²) in [6.45, 7) is 0.465. The Morgan fingerprint density at radius 2 is 1.90 bits per heavy atom. The van der Waals surface area contributed by atoms with Gasteiger partial charge in [-0.15, -0.1) is 5.10 Å². The second kappa shape index (κ2) is 7.04. The van der Waals surface area contributed by atoms with Crippen molar-refractivity contribution in [2.75, 3.05) is 23.7 Å². The summed E-state index contributed by atoms with van der Waals surface area (Å²) in [7, 11) is 0. The second-order valence-electron chi connectivity index (χ2n) is 6.06. The molecule has 3 N–H and O–H groups in total. The lowest BCUT2D eigenvalue weighted by Gasteiger charge is -2.11. The van der Waals surface area contributed by atoms with Crippen LogP contribution in [0.5, 0.6) is 0 Å². The molecular weight excluding hydrogens is 394 g/mol. The molecule has 29 heavy (non-hydrogen) atoms. The van der Waals surface area contributed by atoms with E-state index < -0.39 is 23.2 Å². The molecule has 1 aromatic carbocycles. The van der Waals surface area contributed by atoms with E-state index in [1.54, 1.807) is 0 Å². The van der Waals surface area contributed by atoms with E-state index in [1.165, 1.54) is 22.6 Å². The van der Waals surface area contributed by atoms with Crippen LogP contribution < -0.4 is 16.3 Å². The molecular formula is C17H13F4N7O. The lowest BCUT2D eigenvalue weighted by Crippen LogP contribution is -2.17. The minimum atomic E-state index is -4.45. The van der Waals surface area contributed by atoms with Gasteiger partial charge in [-0.2, -0.15) is 13.2 Å². The molecule has 0 bridgehead atoms. The van der Waals surface area contributed by atoms with E-state index in [4.69, 9.17) is 0 Å². The molecule has 0 aliphatic carbocycles. The number of nitrogens with zero attached hydrogens (tertiary/aromatic N) is 4. The molecule has 0 aliphatic rings. The molecule has 0 saturated carbocycles. The Morgan fingerprint density at radius 1 is 1.10 bits per heavy atom. The molecule has 0 saturated heterocycles. The van der Waals surface area contributed by atoms with E-state index in [2.05, 4.69) is 30.8 Å². The van der Waals surface area contributed by atoms with Crippen LogP contribution in [0.1, 0.15) is 5.56 Å². The van der Waals surface area contributed by atoms with E-state index in [1.807, 2.05) is 0 Å². The van der Waals surface area contributed by atoms with Gasteiger partial charge >= 0.3 is 11.9 Å².